The summed E-state index contributed by atoms with van der Waals surface area (Å²) in [5, 5.41) is 8.97. The second-order valence-corrected chi connectivity index (χ2v) is 4.31. The van der Waals surface area contributed by atoms with Crippen LogP contribution in [0.25, 0.3) is 5.41 Å². The minimum absolute atomic E-state index is 0. The summed E-state index contributed by atoms with van der Waals surface area (Å²) in [6, 6.07) is 0. The van der Waals surface area contributed by atoms with Gasteiger partial charge < -0.3 is 0 Å². The molecule has 18 heavy (non-hydrogen) atoms. The van der Waals surface area contributed by atoms with Crippen molar-refractivity contribution in [3.05, 3.63) is 5.41 Å². The standard InChI is InChI=1S/C5H3N3O2.8W/c1-2-8-4(6)5(7)10-3-9;;;;;;;;/h1H3;;;;;;;;/q-2;;;;;;;;. The van der Waals surface area contributed by atoms with Gasteiger partial charge in [-0.1, -0.05) is 0 Å². The molecule has 0 aromatic rings. The van der Waals surface area contributed by atoms with Crippen LogP contribution in [0.4, 0.5) is 0 Å². The minimum Gasteiger partial charge on any atom is 0 e. The van der Waals surface area contributed by atoms with Crippen molar-refractivity contribution in [1.82, 2.24) is 0 Å². The average Bonchev–Trinajstić information content (AvgIpc) is 2.00. The summed E-state index contributed by atoms with van der Waals surface area (Å²) in [5.74, 6) is -0.582. The van der Waals surface area contributed by atoms with Crippen molar-refractivity contribution in [2.45, 2.75) is 6.92 Å². The van der Waals surface area contributed by atoms with Gasteiger partial charge in [0, 0.05) is 126 Å². The maximum atomic E-state index is 9.70. The second-order valence-electron chi connectivity index (χ2n) is 1.54. The Labute approximate surface area is 214 Å². The zero-order chi connectivity index (χ0) is 9.56. The van der Waals surface area contributed by atoms with Crippen LogP contribution < -0.4 is 0 Å². The molecule has 0 radical (unpaired) electrons. The molecule has 100 valence electrons. The van der Waals surface area contributed by atoms with Crippen LogP contribution in [0.15, 0.2) is 8.49 Å². The molecule has 0 unspecified atom stereocenters. The molecule has 13 heteroatoms. The van der Waals surface area contributed by atoms with E-state index in [0.717, 1.165) is 49.5 Å². The predicted molar refractivity (Wildman–Crippen MR) is 35.7 cm³/mol. The molecule has 0 saturated heterocycles. The van der Waals surface area contributed by atoms with Crippen molar-refractivity contribution < 1.29 is 175 Å². The van der Waals surface area contributed by atoms with Crippen molar-refractivity contribution in [1.29, 1.82) is 0 Å². The number of aliphatic imine (C=N–C) groups is 1. The van der Waals surface area contributed by atoms with Crippen molar-refractivity contribution in [3.63, 3.8) is 0 Å². The number of carbonyl (C=O) groups excluding carboxylic acids is 1. The number of nitrogens with zero attached hydrogens (tertiary/aromatic N) is 3. The molecule has 0 aliphatic rings. The first kappa shape index (κ1) is 43.1. The van der Waals surface area contributed by atoms with Crippen LogP contribution in [0.1, 0.15) is 6.92 Å². The fraction of sp³-hybridized carbons (Fsp3) is 0.200. The van der Waals surface area contributed by atoms with Crippen molar-refractivity contribution in [2.75, 3.05) is 0 Å². The zero-order valence-corrected chi connectivity index (χ0v) is 31.9. The summed E-state index contributed by atoms with van der Waals surface area (Å²) in [5.41, 5.74) is 0. The van der Waals surface area contributed by atoms with E-state index in [9.17, 15) is 4.79 Å². The molecule has 0 heterocycles. The monoisotopic (exact) mass is 1610 g/mol. The van der Waals surface area contributed by atoms with Crippen LogP contribution in [0.5, 0.6) is 0 Å². The molecular weight excluding hydrogens is 1600 g/mol. The fourth-order valence-electron chi connectivity index (χ4n) is 0.342. The van der Waals surface area contributed by atoms with Crippen molar-refractivity contribution >= 4 is 22.2 Å². The second kappa shape index (κ2) is 29.1. The average molecular weight is 1610 g/mol. The molecule has 0 aliphatic carbocycles. The van der Waals surface area contributed by atoms with Crippen LogP contribution in [0, 0.1) is 0 Å². The normalized spacial score (nSPS) is 6.83. The van der Waals surface area contributed by atoms with Crippen LogP contribution in [0.3, 0.4) is 0 Å². The third-order valence-corrected chi connectivity index (χ3v) is 1.63. The van der Waals surface area contributed by atoms with Gasteiger partial charge in [-0.25, -0.2) is 0 Å². The van der Waals surface area contributed by atoms with E-state index in [4.69, 9.17) is 5.41 Å². The van der Waals surface area contributed by atoms with Gasteiger partial charge in [-0.05, 0) is 0 Å². The topological polar surface area (TPSA) is 73.3 Å². The van der Waals surface area contributed by atoms with E-state index >= 15 is 0 Å². The van der Waals surface area contributed by atoms with E-state index in [2.05, 4.69) is 13.2 Å². The van der Waals surface area contributed by atoms with E-state index in [1.807, 2.05) is 0 Å². The molecule has 0 atom stereocenters. The molecule has 0 amide bonds. The van der Waals surface area contributed by atoms with Crippen LogP contribution in [0.2, 0.25) is 0 Å². The summed E-state index contributed by atoms with van der Waals surface area (Å²) >= 11 is 2.02. The van der Waals surface area contributed by atoms with Gasteiger partial charge in [0.2, 0.25) is 0 Å². The van der Waals surface area contributed by atoms with Gasteiger partial charge in [0.05, 0.1) is 0 Å². The summed E-state index contributed by atoms with van der Waals surface area (Å²) in [6.45, 7) is 2.86. The van der Waals surface area contributed by atoms with E-state index in [1.165, 1.54) is 0 Å². The molecule has 0 bridgehead atoms. The van der Waals surface area contributed by atoms with Crippen LogP contribution >= 0.6 is 0 Å². The predicted octanol–water partition coefficient (Wildman–Crippen LogP) is -0.151. The summed E-state index contributed by atoms with van der Waals surface area (Å²) in [6.07, 6.45) is 0. The fourth-order valence-corrected chi connectivity index (χ4v) is 1.08. The summed E-state index contributed by atoms with van der Waals surface area (Å²) in [7, 11) is 0. The largest absolute Gasteiger partial charge is 0 e. The molecule has 0 saturated carbocycles. The van der Waals surface area contributed by atoms with E-state index in [1.54, 1.807) is 6.92 Å². The number of ether oxygens (including phenoxy) is 1. The molecule has 0 fully saturated rings. The van der Waals surface area contributed by atoms with Gasteiger partial charge in [0.1, 0.15) is 0 Å². The molecule has 0 N–H and O–H groups in total. The Bertz CT molecular complexity index is 271. The maximum absolute atomic E-state index is 9.70. The Morgan fingerprint density at radius 2 is 1.56 bits per heavy atom. The van der Waals surface area contributed by atoms with Gasteiger partial charge in [-0.3, -0.25) is 0 Å². The van der Waals surface area contributed by atoms with Crippen molar-refractivity contribution in [2.24, 2.45) is 8.49 Å². The van der Waals surface area contributed by atoms with Crippen LogP contribution in [-0.4, -0.2) is 22.2 Å². The van der Waals surface area contributed by atoms with Gasteiger partial charge in [-0.15, -0.1) is 0 Å². The van der Waals surface area contributed by atoms with E-state index < -0.39 is 5.90 Å². The first-order valence-corrected chi connectivity index (χ1v) is 5.42. The molecule has 0 aromatic heterocycles. The summed E-state index contributed by atoms with van der Waals surface area (Å²) in [4.78, 5) is 13.5. The number of hydrogen-bond acceptors (Lipinski definition) is 3. The molecule has 0 aromatic carbocycles. The van der Waals surface area contributed by atoms with E-state index in [-0.39, 0.29) is 132 Å². The quantitative estimate of drug-likeness (QED) is 0.220. The van der Waals surface area contributed by atoms with Gasteiger partial charge in [0.25, 0.3) is 0 Å². The number of rotatable bonds is 2. The Morgan fingerprint density at radius 1 is 1.17 bits per heavy atom. The number of amidine groups is 1. The Morgan fingerprint density at radius 3 is 1.78 bits per heavy atom. The first-order chi connectivity index (χ1) is 5.61. The SMILES string of the molecule is C[C](=[W])N=C([N]=[W])C(=[N-])O[C-]=O.[W].[W].[W].[W].[W].[W]. The molecule has 5 nitrogen and oxygen atoms in total. The molecule has 0 spiro atoms. The van der Waals surface area contributed by atoms with E-state index in [0.29, 0.717) is 0 Å². The Balaban J connectivity index is -0.0000000403. The first-order valence-electron chi connectivity index (χ1n) is 2.64. The Kier molecular flexibility index (Phi) is 69.6. The van der Waals surface area contributed by atoms with Gasteiger partial charge in [-0.2, -0.15) is 0 Å². The van der Waals surface area contributed by atoms with Crippen LogP contribution in [-0.2, 0) is 175 Å². The third-order valence-electron chi connectivity index (χ3n) is 0.679. The van der Waals surface area contributed by atoms with Crippen molar-refractivity contribution in [3.8, 4) is 0 Å². The Hall–Kier alpha value is 3.99. The zero-order valence-electron chi connectivity index (χ0n) is 8.42. The molecular formula is C5H3N3O2W8-2. The number of hydrogen-bond donors (Lipinski definition) is 0. The maximum Gasteiger partial charge on any atom is 0 e. The summed E-state index contributed by atoms with van der Waals surface area (Å²) < 4.78 is 8.52. The smallest absolute Gasteiger partial charge is 0 e. The molecule has 0 rings (SSSR count). The third kappa shape index (κ3) is 25.0. The van der Waals surface area contributed by atoms with Gasteiger partial charge in [0.15, 0.2) is 0 Å². The molecule has 0 aliphatic heterocycles. The minimum atomic E-state index is -0.611. The van der Waals surface area contributed by atoms with Gasteiger partial charge >= 0.3 is 91.6 Å².